The molecule has 5 nitrogen and oxygen atoms in total. The van der Waals surface area contributed by atoms with Crippen molar-refractivity contribution in [1.29, 1.82) is 0 Å². The molecule has 1 N–H and O–H groups in total. The summed E-state index contributed by atoms with van der Waals surface area (Å²) in [5, 5.41) is 9.67. The molecule has 5 heteroatoms. The molecule has 0 aliphatic carbocycles. The highest BCUT2D eigenvalue weighted by molar-refractivity contribution is 5.70. The quantitative estimate of drug-likeness (QED) is 0.0373. The molecule has 0 fully saturated rings. The summed E-state index contributed by atoms with van der Waals surface area (Å²) in [6.07, 6.45) is 84.2. The first-order valence-corrected chi connectivity index (χ1v) is 32.2. The summed E-state index contributed by atoms with van der Waals surface area (Å²) < 4.78 is 10.7. The van der Waals surface area contributed by atoms with Crippen LogP contribution in [-0.2, 0) is 19.1 Å². The van der Waals surface area contributed by atoms with Crippen LogP contribution in [0.5, 0.6) is 0 Å². The third-order valence-corrected chi connectivity index (χ3v) is 14.6. The highest BCUT2D eigenvalue weighted by Gasteiger charge is 2.16. The van der Waals surface area contributed by atoms with E-state index in [0.717, 1.165) is 57.8 Å². The Bertz CT molecular complexity index is 1190. The Hall–Kier alpha value is -2.14. The van der Waals surface area contributed by atoms with Gasteiger partial charge in [-0.3, -0.25) is 9.59 Å². The molecule has 1 atom stereocenters. The number of unbranched alkanes of at least 4 members (excludes halogenated alkanes) is 44. The molecule has 0 amide bonds. The molecule has 0 aromatic carbocycles. The number of allylic oxidation sites excluding steroid dienone is 8. The van der Waals surface area contributed by atoms with E-state index in [-0.39, 0.29) is 25.2 Å². The fraction of sp³-hybridized carbons (Fsp3) is 0.851. The van der Waals surface area contributed by atoms with Crippen LogP contribution in [0.2, 0.25) is 0 Å². The van der Waals surface area contributed by atoms with Crippen LogP contribution in [-0.4, -0.2) is 36.4 Å². The van der Waals surface area contributed by atoms with Crippen LogP contribution in [0, 0.1) is 0 Å². The van der Waals surface area contributed by atoms with E-state index in [1.165, 1.54) is 263 Å². The lowest BCUT2D eigenvalue weighted by Gasteiger charge is -2.15. The summed E-state index contributed by atoms with van der Waals surface area (Å²) >= 11 is 0. The maximum atomic E-state index is 12.3. The van der Waals surface area contributed by atoms with Gasteiger partial charge in [0.05, 0.1) is 6.61 Å². The van der Waals surface area contributed by atoms with Crippen molar-refractivity contribution < 1.29 is 24.2 Å². The third kappa shape index (κ3) is 60.4. The Balaban J connectivity index is 3.37. The van der Waals surface area contributed by atoms with Crippen molar-refractivity contribution in [2.75, 3.05) is 13.2 Å². The van der Waals surface area contributed by atoms with E-state index in [2.05, 4.69) is 62.5 Å². The van der Waals surface area contributed by atoms with E-state index in [9.17, 15) is 14.7 Å². The minimum atomic E-state index is -0.768. The fourth-order valence-electron chi connectivity index (χ4n) is 9.85. The number of carbonyl (C=O) groups is 2. The van der Waals surface area contributed by atoms with Gasteiger partial charge in [-0.25, -0.2) is 0 Å². The zero-order valence-corrected chi connectivity index (χ0v) is 48.5. The SMILES string of the molecule is CC/C=C\C/C=C\C/C=C\C/C=C\CCCCCCCCCCCCCCCCCCCCCCCCCCCCC(=O)OC(CO)COC(=O)CCCCCCCCCCCCCCCCCCCCC. The molecular formula is C67H124O5. The van der Waals surface area contributed by atoms with Crippen molar-refractivity contribution in [3.8, 4) is 0 Å². The number of hydrogen-bond acceptors (Lipinski definition) is 5. The molecule has 0 heterocycles. The first kappa shape index (κ1) is 69.9. The summed E-state index contributed by atoms with van der Waals surface area (Å²) in [6.45, 7) is 4.08. The summed E-state index contributed by atoms with van der Waals surface area (Å²) in [7, 11) is 0. The topological polar surface area (TPSA) is 72.8 Å². The van der Waals surface area contributed by atoms with E-state index in [0.29, 0.717) is 12.8 Å². The lowest BCUT2D eigenvalue weighted by molar-refractivity contribution is -0.161. The summed E-state index contributed by atoms with van der Waals surface area (Å²) in [4.78, 5) is 24.6. The molecule has 0 aliphatic rings. The van der Waals surface area contributed by atoms with Gasteiger partial charge in [-0.2, -0.15) is 0 Å². The van der Waals surface area contributed by atoms with Gasteiger partial charge in [-0.15, -0.1) is 0 Å². The highest BCUT2D eigenvalue weighted by atomic mass is 16.6. The Kier molecular flexibility index (Phi) is 61.3. The van der Waals surface area contributed by atoms with Crippen molar-refractivity contribution in [1.82, 2.24) is 0 Å². The predicted molar refractivity (Wildman–Crippen MR) is 316 cm³/mol. The molecular weight excluding hydrogens is 885 g/mol. The summed E-state index contributed by atoms with van der Waals surface area (Å²) in [5.74, 6) is -0.567. The van der Waals surface area contributed by atoms with Crippen LogP contribution in [0.4, 0.5) is 0 Å². The molecule has 0 saturated carbocycles. The molecule has 0 aromatic heterocycles. The van der Waals surface area contributed by atoms with Crippen molar-refractivity contribution in [3.05, 3.63) is 48.6 Å². The first-order valence-electron chi connectivity index (χ1n) is 32.2. The number of rotatable bonds is 60. The van der Waals surface area contributed by atoms with E-state index in [1.807, 2.05) is 0 Å². The first-order chi connectivity index (χ1) is 35.6. The van der Waals surface area contributed by atoms with Gasteiger partial charge in [-0.1, -0.05) is 332 Å². The smallest absolute Gasteiger partial charge is 0.306 e. The van der Waals surface area contributed by atoms with Gasteiger partial charge < -0.3 is 14.6 Å². The van der Waals surface area contributed by atoms with Crippen molar-refractivity contribution in [2.45, 2.75) is 354 Å². The minimum Gasteiger partial charge on any atom is -0.462 e. The van der Waals surface area contributed by atoms with Gasteiger partial charge in [0.2, 0.25) is 0 Å². The lowest BCUT2D eigenvalue weighted by atomic mass is 10.0. The molecule has 0 bridgehead atoms. The predicted octanol–water partition coefficient (Wildman–Crippen LogP) is 22.0. The second-order valence-electron chi connectivity index (χ2n) is 21.8. The molecule has 0 rings (SSSR count). The molecule has 422 valence electrons. The molecule has 72 heavy (non-hydrogen) atoms. The monoisotopic (exact) mass is 1010 g/mol. The van der Waals surface area contributed by atoms with Gasteiger partial charge in [0.1, 0.15) is 6.61 Å². The van der Waals surface area contributed by atoms with Crippen molar-refractivity contribution in [3.63, 3.8) is 0 Å². The lowest BCUT2D eigenvalue weighted by Crippen LogP contribution is -2.28. The number of hydrogen-bond donors (Lipinski definition) is 1. The molecule has 0 saturated heterocycles. The Morgan fingerprint density at radius 2 is 0.597 bits per heavy atom. The second kappa shape index (κ2) is 63.2. The van der Waals surface area contributed by atoms with Gasteiger partial charge >= 0.3 is 11.9 Å². The number of aliphatic hydroxyl groups is 1. The number of esters is 2. The van der Waals surface area contributed by atoms with Crippen molar-refractivity contribution in [2.24, 2.45) is 0 Å². The van der Waals surface area contributed by atoms with Gasteiger partial charge in [0, 0.05) is 12.8 Å². The van der Waals surface area contributed by atoms with E-state index < -0.39 is 6.10 Å². The third-order valence-electron chi connectivity index (χ3n) is 14.6. The minimum absolute atomic E-state index is 0.0584. The number of aliphatic hydroxyl groups excluding tert-OH is 1. The fourth-order valence-corrected chi connectivity index (χ4v) is 9.85. The van der Waals surface area contributed by atoms with Crippen LogP contribution in [0.3, 0.4) is 0 Å². The largest absolute Gasteiger partial charge is 0.462 e. The molecule has 0 aliphatic heterocycles. The van der Waals surface area contributed by atoms with E-state index >= 15 is 0 Å². The Morgan fingerprint density at radius 1 is 0.333 bits per heavy atom. The van der Waals surface area contributed by atoms with Gasteiger partial charge in [0.15, 0.2) is 6.10 Å². The van der Waals surface area contributed by atoms with E-state index in [1.54, 1.807) is 0 Å². The van der Waals surface area contributed by atoms with Crippen LogP contribution in [0.1, 0.15) is 348 Å². The Morgan fingerprint density at radius 3 is 0.903 bits per heavy atom. The van der Waals surface area contributed by atoms with Crippen LogP contribution in [0.15, 0.2) is 48.6 Å². The molecule has 0 spiro atoms. The van der Waals surface area contributed by atoms with Gasteiger partial charge in [-0.05, 0) is 51.4 Å². The highest BCUT2D eigenvalue weighted by Crippen LogP contribution is 2.18. The van der Waals surface area contributed by atoms with Crippen LogP contribution < -0.4 is 0 Å². The summed E-state index contributed by atoms with van der Waals surface area (Å²) in [6, 6.07) is 0. The standard InChI is InChI=1S/C67H124O5/c1-3-5-7-9-11-13-15-17-19-21-23-24-25-26-27-28-29-30-31-32-33-34-35-36-37-38-39-40-41-42-44-46-48-50-52-54-56-58-60-62-67(70)72-65(63-68)64-71-66(69)61-59-57-55-53-51-49-47-45-43-22-20-18-16-14-12-10-8-6-4-2/h5,7,11,13,17,19,23-24,65,68H,3-4,6,8-10,12,14-16,18,20-22,25-64H2,1-2H3/b7-5-,13-11-,19-17-,24-23-. The summed E-state index contributed by atoms with van der Waals surface area (Å²) in [5.41, 5.74) is 0. The van der Waals surface area contributed by atoms with E-state index in [4.69, 9.17) is 9.47 Å². The average Bonchev–Trinajstić information content (AvgIpc) is 3.38. The number of ether oxygens (including phenoxy) is 2. The normalized spacial score (nSPS) is 12.4. The van der Waals surface area contributed by atoms with Crippen LogP contribution in [0.25, 0.3) is 0 Å². The molecule has 0 radical (unpaired) electrons. The molecule has 0 aromatic rings. The Labute approximate surface area is 449 Å². The second-order valence-corrected chi connectivity index (χ2v) is 21.8. The van der Waals surface area contributed by atoms with Crippen LogP contribution >= 0.6 is 0 Å². The van der Waals surface area contributed by atoms with Crippen molar-refractivity contribution >= 4 is 11.9 Å². The molecule has 1 unspecified atom stereocenters. The van der Waals surface area contributed by atoms with Gasteiger partial charge in [0.25, 0.3) is 0 Å². The average molecular weight is 1010 g/mol. The maximum absolute atomic E-state index is 12.3. The zero-order chi connectivity index (χ0) is 52.0. The number of carbonyl (C=O) groups excluding carboxylic acids is 2. The zero-order valence-electron chi connectivity index (χ0n) is 48.5. The maximum Gasteiger partial charge on any atom is 0.306 e.